The minimum absolute atomic E-state index is 0.147. The van der Waals surface area contributed by atoms with Crippen LogP contribution in [-0.4, -0.2) is 28.0 Å². The lowest BCUT2D eigenvalue weighted by Gasteiger charge is -2.13. The molecule has 0 aliphatic heterocycles. The maximum Gasteiger partial charge on any atom is 0.270 e. The number of hydrogen-bond donors (Lipinski definition) is 2. The molecule has 2 N–H and O–H groups in total. The van der Waals surface area contributed by atoms with Crippen molar-refractivity contribution in [2.45, 2.75) is 53.1 Å². The molecule has 0 fully saturated rings. The SMILES string of the molecule is CCC(C)NC(=O)c1cc(C)nc(NC(C)C)n1. The number of nitrogens with zero attached hydrogens (tertiary/aromatic N) is 2. The normalized spacial score (nSPS) is 12.3. The number of anilines is 1. The molecule has 1 unspecified atom stereocenters. The molecule has 100 valence electrons. The second-order valence-corrected chi connectivity index (χ2v) is 4.80. The molecule has 0 aliphatic rings. The molecule has 0 saturated carbocycles. The first-order valence-corrected chi connectivity index (χ1v) is 6.35. The van der Waals surface area contributed by atoms with E-state index < -0.39 is 0 Å². The maximum absolute atomic E-state index is 12.0. The van der Waals surface area contributed by atoms with E-state index >= 15 is 0 Å². The zero-order valence-corrected chi connectivity index (χ0v) is 11.7. The lowest BCUT2D eigenvalue weighted by molar-refractivity contribution is 0.0934. The highest BCUT2D eigenvalue weighted by Crippen LogP contribution is 2.06. The molecule has 0 bridgehead atoms. The van der Waals surface area contributed by atoms with Crippen molar-refractivity contribution in [1.29, 1.82) is 0 Å². The van der Waals surface area contributed by atoms with Crippen molar-refractivity contribution in [3.05, 3.63) is 17.5 Å². The molecule has 0 saturated heterocycles. The van der Waals surface area contributed by atoms with Crippen molar-refractivity contribution in [3.63, 3.8) is 0 Å². The van der Waals surface area contributed by atoms with Crippen molar-refractivity contribution >= 4 is 11.9 Å². The Labute approximate surface area is 108 Å². The number of carbonyl (C=O) groups excluding carboxylic acids is 1. The summed E-state index contributed by atoms with van der Waals surface area (Å²) in [6.07, 6.45) is 0.896. The quantitative estimate of drug-likeness (QED) is 0.840. The van der Waals surface area contributed by atoms with E-state index in [1.165, 1.54) is 0 Å². The predicted octanol–water partition coefficient (Wildman–Crippen LogP) is 2.13. The van der Waals surface area contributed by atoms with Gasteiger partial charge in [-0.25, -0.2) is 9.97 Å². The van der Waals surface area contributed by atoms with Crippen LogP contribution in [0.5, 0.6) is 0 Å². The van der Waals surface area contributed by atoms with Gasteiger partial charge in [-0.2, -0.15) is 0 Å². The monoisotopic (exact) mass is 250 g/mol. The van der Waals surface area contributed by atoms with Gasteiger partial charge in [0.15, 0.2) is 0 Å². The van der Waals surface area contributed by atoms with Crippen molar-refractivity contribution in [1.82, 2.24) is 15.3 Å². The summed E-state index contributed by atoms with van der Waals surface area (Å²) in [5.41, 5.74) is 1.19. The fourth-order valence-electron chi connectivity index (χ4n) is 1.41. The third-order valence-electron chi connectivity index (χ3n) is 2.49. The van der Waals surface area contributed by atoms with Crippen LogP contribution in [0.15, 0.2) is 6.07 Å². The van der Waals surface area contributed by atoms with Crippen LogP contribution in [0.3, 0.4) is 0 Å². The van der Waals surface area contributed by atoms with Gasteiger partial charge in [0, 0.05) is 17.8 Å². The fraction of sp³-hybridized carbons (Fsp3) is 0.615. The highest BCUT2D eigenvalue weighted by Gasteiger charge is 2.12. The lowest BCUT2D eigenvalue weighted by Crippen LogP contribution is -2.32. The third kappa shape index (κ3) is 4.31. The summed E-state index contributed by atoms with van der Waals surface area (Å²) in [6, 6.07) is 2.08. The summed E-state index contributed by atoms with van der Waals surface area (Å²) in [4.78, 5) is 20.5. The number of hydrogen-bond acceptors (Lipinski definition) is 4. The van der Waals surface area contributed by atoms with Crippen LogP contribution in [0, 0.1) is 6.92 Å². The Morgan fingerprint density at radius 2 is 2.00 bits per heavy atom. The Balaban J connectivity index is 2.88. The molecule has 1 amide bonds. The zero-order valence-electron chi connectivity index (χ0n) is 11.7. The molecule has 5 heteroatoms. The highest BCUT2D eigenvalue weighted by atomic mass is 16.1. The molecular weight excluding hydrogens is 228 g/mol. The van der Waals surface area contributed by atoms with Gasteiger partial charge < -0.3 is 10.6 Å². The molecule has 0 aromatic carbocycles. The van der Waals surface area contributed by atoms with Gasteiger partial charge in [-0.05, 0) is 40.2 Å². The molecule has 0 aliphatic carbocycles. The average molecular weight is 250 g/mol. The van der Waals surface area contributed by atoms with Gasteiger partial charge in [-0.1, -0.05) is 6.92 Å². The second kappa shape index (κ2) is 6.33. The van der Waals surface area contributed by atoms with Crippen LogP contribution in [-0.2, 0) is 0 Å². The molecular formula is C13H22N4O. The molecule has 1 aromatic rings. The van der Waals surface area contributed by atoms with Crippen LogP contribution in [0.25, 0.3) is 0 Å². The lowest BCUT2D eigenvalue weighted by atomic mass is 10.2. The van der Waals surface area contributed by atoms with Crippen LogP contribution in [0.1, 0.15) is 50.3 Å². The third-order valence-corrected chi connectivity index (χ3v) is 2.49. The zero-order chi connectivity index (χ0) is 13.7. The molecule has 5 nitrogen and oxygen atoms in total. The number of aryl methyl sites for hydroxylation is 1. The van der Waals surface area contributed by atoms with E-state index in [0.29, 0.717) is 11.6 Å². The van der Waals surface area contributed by atoms with Gasteiger partial charge in [0.2, 0.25) is 5.95 Å². The summed E-state index contributed by atoms with van der Waals surface area (Å²) >= 11 is 0. The Kier molecular flexibility index (Phi) is 5.07. The van der Waals surface area contributed by atoms with E-state index in [4.69, 9.17) is 0 Å². The minimum Gasteiger partial charge on any atom is -0.352 e. The number of aromatic nitrogens is 2. The molecule has 1 atom stereocenters. The van der Waals surface area contributed by atoms with E-state index in [0.717, 1.165) is 12.1 Å². The Hall–Kier alpha value is -1.65. The summed E-state index contributed by atoms with van der Waals surface area (Å²) < 4.78 is 0. The molecule has 0 spiro atoms. The first kappa shape index (κ1) is 14.4. The average Bonchev–Trinajstić information content (AvgIpc) is 2.26. The van der Waals surface area contributed by atoms with Crippen LogP contribution in [0.4, 0.5) is 5.95 Å². The van der Waals surface area contributed by atoms with Crippen LogP contribution >= 0.6 is 0 Å². The molecule has 18 heavy (non-hydrogen) atoms. The number of rotatable bonds is 5. The summed E-state index contributed by atoms with van der Waals surface area (Å²) in [5.74, 6) is 0.348. The van der Waals surface area contributed by atoms with Gasteiger partial charge in [0.25, 0.3) is 5.91 Å². The van der Waals surface area contributed by atoms with Gasteiger partial charge in [-0.15, -0.1) is 0 Å². The Morgan fingerprint density at radius 1 is 1.33 bits per heavy atom. The molecule has 0 radical (unpaired) electrons. The van der Waals surface area contributed by atoms with Crippen molar-refractivity contribution in [2.24, 2.45) is 0 Å². The second-order valence-electron chi connectivity index (χ2n) is 4.80. The fourth-order valence-corrected chi connectivity index (χ4v) is 1.41. The van der Waals surface area contributed by atoms with Gasteiger partial charge >= 0.3 is 0 Å². The van der Waals surface area contributed by atoms with Gasteiger partial charge in [0.1, 0.15) is 5.69 Å². The van der Waals surface area contributed by atoms with Crippen molar-refractivity contribution < 1.29 is 4.79 Å². The van der Waals surface area contributed by atoms with Crippen LogP contribution in [0.2, 0.25) is 0 Å². The van der Waals surface area contributed by atoms with E-state index in [-0.39, 0.29) is 18.0 Å². The topological polar surface area (TPSA) is 66.9 Å². The number of nitrogens with one attached hydrogen (secondary N) is 2. The molecule has 1 heterocycles. The minimum atomic E-state index is -0.151. The Morgan fingerprint density at radius 3 is 2.56 bits per heavy atom. The predicted molar refractivity (Wildman–Crippen MR) is 72.7 cm³/mol. The van der Waals surface area contributed by atoms with Crippen LogP contribution < -0.4 is 10.6 Å². The van der Waals surface area contributed by atoms with E-state index in [1.54, 1.807) is 6.07 Å². The molecule has 1 aromatic heterocycles. The standard InChI is InChI=1S/C13H22N4O/c1-6-9(4)15-12(18)11-7-10(5)16-13(17-11)14-8(2)3/h7-9H,6H2,1-5H3,(H,15,18)(H,14,16,17). The van der Waals surface area contributed by atoms with Gasteiger partial charge in [0.05, 0.1) is 0 Å². The Bertz CT molecular complexity index is 417. The first-order valence-electron chi connectivity index (χ1n) is 6.35. The van der Waals surface area contributed by atoms with Gasteiger partial charge in [-0.3, -0.25) is 4.79 Å². The maximum atomic E-state index is 12.0. The molecule has 1 rings (SSSR count). The van der Waals surface area contributed by atoms with E-state index in [9.17, 15) is 4.79 Å². The van der Waals surface area contributed by atoms with Crippen molar-refractivity contribution in [3.8, 4) is 0 Å². The summed E-state index contributed by atoms with van der Waals surface area (Å²) in [6.45, 7) is 9.86. The summed E-state index contributed by atoms with van der Waals surface area (Å²) in [5, 5.41) is 6.00. The number of carbonyl (C=O) groups is 1. The van der Waals surface area contributed by atoms with Crippen molar-refractivity contribution in [2.75, 3.05) is 5.32 Å². The van der Waals surface area contributed by atoms with E-state index in [1.807, 2.05) is 34.6 Å². The summed E-state index contributed by atoms with van der Waals surface area (Å²) in [7, 11) is 0. The first-order chi connectivity index (χ1) is 8.42. The van der Waals surface area contributed by atoms with E-state index in [2.05, 4.69) is 20.6 Å². The highest BCUT2D eigenvalue weighted by molar-refractivity contribution is 5.92. The smallest absolute Gasteiger partial charge is 0.270 e. The number of amides is 1. The largest absolute Gasteiger partial charge is 0.352 e.